The van der Waals surface area contributed by atoms with Crippen LogP contribution in [0.1, 0.15) is 25.3 Å². The number of hydrogen-bond acceptors (Lipinski definition) is 2. The molecule has 0 bridgehead atoms. The molecule has 4 nitrogen and oxygen atoms in total. The summed E-state index contributed by atoms with van der Waals surface area (Å²) in [6.45, 7) is 4.20. The van der Waals surface area contributed by atoms with Crippen molar-refractivity contribution >= 4 is 17.5 Å². The Morgan fingerprint density at radius 2 is 1.88 bits per heavy atom. The van der Waals surface area contributed by atoms with Crippen molar-refractivity contribution in [3.05, 3.63) is 29.8 Å². The number of likely N-dealkylation sites (tertiary alicyclic amines) is 1. The SMILES string of the molecule is CCN(C(=O)C1CCN(C(=O)C(F)(F)F)CC1)c1cccc(C)c1. The molecule has 2 rings (SSSR count). The molecule has 0 aromatic heterocycles. The minimum absolute atomic E-state index is 0.0415. The van der Waals surface area contributed by atoms with Crippen LogP contribution >= 0.6 is 0 Å². The summed E-state index contributed by atoms with van der Waals surface area (Å²) in [4.78, 5) is 26.4. The van der Waals surface area contributed by atoms with E-state index in [1.54, 1.807) is 4.90 Å². The Morgan fingerprint density at radius 1 is 1.25 bits per heavy atom. The third kappa shape index (κ3) is 4.07. The van der Waals surface area contributed by atoms with Gasteiger partial charge in [-0.15, -0.1) is 0 Å². The Morgan fingerprint density at radius 3 is 2.38 bits per heavy atom. The lowest BCUT2D eigenvalue weighted by Crippen LogP contribution is -2.48. The van der Waals surface area contributed by atoms with E-state index < -0.39 is 12.1 Å². The van der Waals surface area contributed by atoms with Crippen LogP contribution < -0.4 is 4.90 Å². The first-order valence-electron chi connectivity index (χ1n) is 7.98. The van der Waals surface area contributed by atoms with Crippen LogP contribution in [0.2, 0.25) is 0 Å². The van der Waals surface area contributed by atoms with Crippen LogP contribution in [-0.2, 0) is 9.59 Å². The van der Waals surface area contributed by atoms with Gasteiger partial charge in [-0.2, -0.15) is 13.2 Å². The van der Waals surface area contributed by atoms with Crippen LogP contribution in [0.25, 0.3) is 0 Å². The minimum Gasteiger partial charge on any atom is -0.335 e. The molecule has 0 aliphatic carbocycles. The molecule has 0 radical (unpaired) electrons. The van der Waals surface area contributed by atoms with Crippen molar-refractivity contribution in [1.82, 2.24) is 4.90 Å². The van der Waals surface area contributed by atoms with Crippen molar-refractivity contribution in [3.8, 4) is 0 Å². The molecule has 1 heterocycles. The van der Waals surface area contributed by atoms with E-state index in [-0.39, 0.29) is 37.8 Å². The molecule has 1 aliphatic heterocycles. The van der Waals surface area contributed by atoms with E-state index in [1.165, 1.54) is 0 Å². The van der Waals surface area contributed by atoms with Gasteiger partial charge < -0.3 is 9.80 Å². The van der Waals surface area contributed by atoms with Crippen molar-refractivity contribution in [3.63, 3.8) is 0 Å². The number of hydrogen-bond donors (Lipinski definition) is 0. The summed E-state index contributed by atoms with van der Waals surface area (Å²) < 4.78 is 37.4. The average molecular weight is 342 g/mol. The molecule has 7 heteroatoms. The van der Waals surface area contributed by atoms with Gasteiger partial charge in [0.2, 0.25) is 5.91 Å². The third-order valence-corrected chi connectivity index (χ3v) is 4.27. The molecule has 0 unspecified atom stereocenters. The van der Waals surface area contributed by atoms with Crippen molar-refractivity contribution in [2.75, 3.05) is 24.5 Å². The molecular weight excluding hydrogens is 321 g/mol. The zero-order chi connectivity index (χ0) is 17.9. The Balaban J connectivity index is 2.02. The van der Waals surface area contributed by atoms with Gasteiger partial charge in [0.05, 0.1) is 0 Å². The highest BCUT2D eigenvalue weighted by atomic mass is 19.4. The molecule has 132 valence electrons. The maximum absolute atomic E-state index is 12.7. The normalized spacial score (nSPS) is 16.1. The predicted octanol–water partition coefficient (Wildman–Crippen LogP) is 3.15. The van der Waals surface area contributed by atoms with Crippen LogP contribution in [0.4, 0.5) is 18.9 Å². The summed E-state index contributed by atoms with van der Waals surface area (Å²) in [6, 6.07) is 7.55. The molecule has 1 saturated heterocycles. The molecule has 1 aromatic carbocycles. The first kappa shape index (κ1) is 18.3. The molecule has 24 heavy (non-hydrogen) atoms. The van der Waals surface area contributed by atoms with E-state index in [9.17, 15) is 22.8 Å². The maximum Gasteiger partial charge on any atom is 0.471 e. The molecule has 1 aliphatic rings. The summed E-state index contributed by atoms with van der Waals surface area (Å²) in [7, 11) is 0. The van der Waals surface area contributed by atoms with E-state index in [2.05, 4.69) is 0 Å². The lowest BCUT2D eigenvalue weighted by atomic mass is 9.94. The van der Waals surface area contributed by atoms with Crippen LogP contribution in [0.3, 0.4) is 0 Å². The van der Waals surface area contributed by atoms with Crippen LogP contribution in [0, 0.1) is 12.8 Å². The van der Waals surface area contributed by atoms with Crippen molar-refractivity contribution in [2.45, 2.75) is 32.9 Å². The number of rotatable bonds is 3. The van der Waals surface area contributed by atoms with E-state index in [4.69, 9.17) is 0 Å². The van der Waals surface area contributed by atoms with Gasteiger partial charge in [0.25, 0.3) is 0 Å². The van der Waals surface area contributed by atoms with Gasteiger partial charge in [0, 0.05) is 31.2 Å². The number of anilines is 1. The summed E-state index contributed by atoms with van der Waals surface area (Å²) in [5.74, 6) is -2.27. The highest BCUT2D eigenvalue weighted by Gasteiger charge is 2.44. The van der Waals surface area contributed by atoms with Gasteiger partial charge in [0.1, 0.15) is 0 Å². The summed E-state index contributed by atoms with van der Waals surface area (Å²) in [5, 5.41) is 0. The number of piperidine rings is 1. The second-order valence-corrected chi connectivity index (χ2v) is 5.99. The number of benzene rings is 1. The number of nitrogens with zero attached hydrogens (tertiary/aromatic N) is 2. The van der Waals surface area contributed by atoms with Gasteiger partial charge in [0.15, 0.2) is 0 Å². The van der Waals surface area contributed by atoms with Gasteiger partial charge in [-0.3, -0.25) is 9.59 Å². The smallest absolute Gasteiger partial charge is 0.335 e. The number of amides is 2. The Hall–Kier alpha value is -2.05. The minimum atomic E-state index is -4.85. The lowest BCUT2D eigenvalue weighted by Gasteiger charge is -2.34. The fourth-order valence-electron chi connectivity index (χ4n) is 2.99. The molecule has 0 saturated carbocycles. The van der Waals surface area contributed by atoms with Gasteiger partial charge in [-0.1, -0.05) is 12.1 Å². The molecule has 1 aromatic rings. The molecule has 0 N–H and O–H groups in total. The van der Waals surface area contributed by atoms with Crippen LogP contribution in [0.5, 0.6) is 0 Å². The predicted molar refractivity (Wildman–Crippen MR) is 84.6 cm³/mol. The molecule has 2 amide bonds. The fraction of sp³-hybridized carbons (Fsp3) is 0.529. The third-order valence-electron chi connectivity index (χ3n) is 4.27. The quantitative estimate of drug-likeness (QED) is 0.847. The number of carbonyl (C=O) groups is 2. The fourth-order valence-corrected chi connectivity index (χ4v) is 2.99. The Kier molecular flexibility index (Phi) is 5.51. The summed E-state index contributed by atoms with van der Waals surface area (Å²) in [5.41, 5.74) is 1.82. The number of halogens is 3. The molecule has 1 fully saturated rings. The monoisotopic (exact) mass is 342 g/mol. The number of alkyl halides is 3. The molecule has 0 atom stereocenters. The maximum atomic E-state index is 12.7. The summed E-state index contributed by atoms with van der Waals surface area (Å²) >= 11 is 0. The van der Waals surface area contributed by atoms with E-state index in [0.717, 1.165) is 16.2 Å². The Labute approximate surface area is 139 Å². The van der Waals surface area contributed by atoms with E-state index in [0.29, 0.717) is 6.54 Å². The number of carbonyl (C=O) groups excluding carboxylic acids is 2. The van der Waals surface area contributed by atoms with Crippen LogP contribution in [-0.4, -0.2) is 42.5 Å². The van der Waals surface area contributed by atoms with Gasteiger partial charge >= 0.3 is 12.1 Å². The average Bonchev–Trinajstić information content (AvgIpc) is 2.54. The zero-order valence-corrected chi connectivity index (χ0v) is 13.8. The zero-order valence-electron chi connectivity index (χ0n) is 13.8. The van der Waals surface area contributed by atoms with Gasteiger partial charge in [-0.25, -0.2) is 0 Å². The number of aryl methyl sites for hydroxylation is 1. The van der Waals surface area contributed by atoms with Crippen molar-refractivity contribution in [1.29, 1.82) is 0 Å². The molecule has 0 spiro atoms. The van der Waals surface area contributed by atoms with Gasteiger partial charge in [-0.05, 0) is 44.4 Å². The lowest BCUT2D eigenvalue weighted by molar-refractivity contribution is -0.186. The van der Waals surface area contributed by atoms with Crippen LogP contribution in [0.15, 0.2) is 24.3 Å². The highest BCUT2D eigenvalue weighted by Crippen LogP contribution is 2.27. The first-order valence-corrected chi connectivity index (χ1v) is 7.98. The van der Waals surface area contributed by atoms with Crippen molar-refractivity contribution < 1.29 is 22.8 Å². The van der Waals surface area contributed by atoms with Crippen molar-refractivity contribution in [2.24, 2.45) is 5.92 Å². The second-order valence-electron chi connectivity index (χ2n) is 5.99. The standard InChI is InChI=1S/C17H21F3N2O2/c1-3-22(14-6-4-5-12(2)11-14)15(23)13-7-9-21(10-8-13)16(24)17(18,19)20/h4-6,11,13H,3,7-10H2,1-2H3. The largest absolute Gasteiger partial charge is 0.471 e. The topological polar surface area (TPSA) is 40.6 Å². The van der Waals surface area contributed by atoms with E-state index in [1.807, 2.05) is 38.1 Å². The molecular formula is C17H21F3N2O2. The Bertz CT molecular complexity index is 608. The first-order chi connectivity index (χ1) is 11.2. The summed E-state index contributed by atoms with van der Waals surface area (Å²) in [6.07, 6.45) is -4.35. The highest BCUT2D eigenvalue weighted by molar-refractivity contribution is 5.95. The second kappa shape index (κ2) is 7.23. The van der Waals surface area contributed by atoms with E-state index >= 15 is 0 Å².